The summed E-state index contributed by atoms with van der Waals surface area (Å²) >= 11 is 0. The summed E-state index contributed by atoms with van der Waals surface area (Å²) in [5, 5.41) is 4.79. The van der Waals surface area contributed by atoms with E-state index in [4.69, 9.17) is 19.9 Å². The molecular weight excluding hydrogens is 777 g/mol. The van der Waals surface area contributed by atoms with Crippen LogP contribution in [0.15, 0.2) is 218 Å². The van der Waals surface area contributed by atoms with Crippen LogP contribution in [-0.2, 0) is 0 Å². The Kier molecular flexibility index (Phi) is 8.31. The highest BCUT2D eigenvalue weighted by Crippen LogP contribution is 2.56. The standard InChI is InChI=1S/C60H38N4/c1-3-15-39(16-4-1)53-35-54(43-25-23-37-13-7-9-19-41(37)31-43)64-60(61-53)46-28-30-50-52(34-46)58-48-22-12-11-21-47(48)57(50)51-33-45(27-29-49(51)58)56-36-55(62-59(63-56)40-17-5-2-6-18-40)44-26-24-38-14-8-10-20-42(38)32-44/h1-36,57-58H. The molecule has 0 spiro atoms. The third-order valence-corrected chi connectivity index (χ3v) is 13.2. The Morgan fingerprint density at radius 1 is 0.219 bits per heavy atom. The summed E-state index contributed by atoms with van der Waals surface area (Å²) in [4.78, 5) is 21.0. The lowest BCUT2D eigenvalue weighted by Crippen LogP contribution is -2.27. The Balaban J connectivity index is 0.938. The summed E-state index contributed by atoms with van der Waals surface area (Å²) in [6, 6.07) is 78.1. The number of benzene rings is 9. The molecule has 4 heteroatoms. The largest absolute Gasteiger partial charge is 0.228 e. The van der Waals surface area contributed by atoms with Crippen molar-refractivity contribution in [3.8, 4) is 67.8 Å². The molecule has 2 atom stereocenters. The van der Waals surface area contributed by atoms with Crippen molar-refractivity contribution in [3.63, 3.8) is 0 Å². The second-order valence-electron chi connectivity index (χ2n) is 17.0. The molecular formula is C60H38N4. The predicted octanol–water partition coefficient (Wildman–Crippen LogP) is 14.6. The van der Waals surface area contributed by atoms with Crippen molar-refractivity contribution in [3.05, 3.63) is 252 Å². The minimum atomic E-state index is 0.0657. The highest BCUT2D eigenvalue weighted by molar-refractivity contribution is 5.89. The highest BCUT2D eigenvalue weighted by Gasteiger charge is 2.41. The van der Waals surface area contributed by atoms with E-state index >= 15 is 0 Å². The maximum Gasteiger partial charge on any atom is 0.160 e. The first kappa shape index (κ1) is 36.3. The lowest BCUT2D eigenvalue weighted by Gasteiger charge is -2.42. The zero-order valence-corrected chi connectivity index (χ0v) is 34.7. The lowest BCUT2D eigenvalue weighted by atomic mass is 9.60. The first-order valence-corrected chi connectivity index (χ1v) is 21.9. The van der Waals surface area contributed by atoms with Crippen molar-refractivity contribution >= 4 is 21.5 Å². The molecule has 14 rings (SSSR count). The fourth-order valence-electron chi connectivity index (χ4n) is 10.2. The van der Waals surface area contributed by atoms with Crippen molar-refractivity contribution in [1.82, 2.24) is 19.9 Å². The fraction of sp³-hybridized carbons (Fsp3) is 0.0333. The smallest absolute Gasteiger partial charge is 0.160 e. The van der Waals surface area contributed by atoms with E-state index < -0.39 is 0 Å². The number of hydrogen-bond donors (Lipinski definition) is 0. The number of rotatable bonds is 6. The van der Waals surface area contributed by atoms with Gasteiger partial charge in [-0.2, -0.15) is 0 Å². The summed E-state index contributed by atoms with van der Waals surface area (Å²) in [5.74, 6) is 1.57. The molecule has 2 unspecified atom stereocenters. The third-order valence-electron chi connectivity index (χ3n) is 13.2. The molecule has 0 saturated carbocycles. The minimum absolute atomic E-state index is 0.0657. The number of nitrogens with zero attached hydrogens (tertiary/aromatic N) is 4. The van der Waals surface area contributed by atoms with E-state index in [1.54, 1.807) is 0 Å². The molecule has 2 aromatic heterocycles. The molecule has 0 fully saturated rings. The maximum atomic E-state index is 5.30. The van der Waals surface area contributed by atoms with Gasteiger partial charge < -0.3 is 0 Å². The van der Waals surface area contributed by atoms with Gasteiger partial charge in [0.1, 0.15) is 0 Å². The van der Waals surface area contributed by atoms with Gasteiger partial charge in [0.15, 0.2) is 11.6 Å². The second-order valence-corrected chi connectivity index (χ2v) is 17.0. The summed E-state index contributed by atoms with van der Waals surface area (Å²) in [7, 11) is 0. The normalized spacial score (nSPS) is 14.6. The first-order valence-electron chi connectivity index (χ1n) is 21.9. The first-order chi connectivity index (χ1) is 31.7. The van der Waals surface area contributed by atoms with Crippen LogP contribution in [0.1, 0.15) is 45.2 Å². The monoisotopic (exact) mass is 814 g/mol. The van der Waals surface area contributed by atoms with E-state index in [1.165, 1.54) is 54.9 Å². The van der Waals surface area contributed by atoms with E-state index in [0.717, 1.165) is 62.0 Å². The van der Waals surface area contributed by atoms with Crippen molar-refractivity contribution in [1.29, 1.82) is 0 Å². The van der Waals surface area contributed by atoms with Crippen LogP contribution in [0, 0.1) is 0 Å². The van der Waals surface area contributed by atoms with E-state index in [1.807, 2.05) is 24.3 Å². The van der Waals surface area contributed by atoms with Gasteiger partial charge in [0.05, 0.1) is 22.8 Å². The van der Waals surface area contributed by atoms with Gasteiger partial charge in [-0.05, 0) is 91.3 Å². The van der Waals surface area contributed by atoms with Crippen LogP contribution in [0.5, 0.6) is 0 Å². The van der Waals surface area contributed by atoms with Crippen molar-refractivity contribution in [2.75, 3.05) is 0 Å². The van der Waals surface area contributed by atoms with Gasteiger partial charge >= 0.3 is 0 Å². The van der Waals surface area contributed by atoms with Gasteiger partial charge in [-0.3, -0.25) is 0 Å². The molecule has 4 nitrogen and oxygen atoms in total. The van der Waals surface area contributed by atoms with Crippen LogP contribution in [-0.4, -0.2) is 19.9 Å². The predicted molar refractivity (Wildman–Crippen MR) is 260 cm³/mol. The van der Waals surface area contributed by atoms with Gasteiger partial charge in [-0.15, -0.1) is 0 Å². The van der Waals surface area contributed by atoms with Gasteiger partial charge in [0.2, 0.25) is 0 Å². The Bertz CT molecular complexity index is 3390. The third kappa shape index (κ3) is 6.06. The molecule has 11 aromatic rings. The minimum Gasteiger partial charge on any atom is -0.228 e. The molecule has 0 N–H and O–H groups in total. The number of hydrogen-bond acceptors (Lipinski definition) is 4. The Morgan fingerprint density at radius 3 is 1.11 bits per heavy atom. The Morgan fingerprint density at radius 2 is 0.578 bits per heavy atom. The molecule has 298 valence electrons. The Hall–Kier alpha value is -8.34. The van der Waals surface area contributed by atoms with Gasteiger partial charge in [0.25, 0.3) is 0 Å². The van der Waals surface area contributed by atoms with Crippen molar-refractivity contribution in [2.24, 2.45) is 0 Å². The van der Waals surface area contributed by atoms with E-state index in [0.29, 0.717) is 5.82 Å². The van der Waals surface area contributed by atoms with Gasteiger partial charge in [-0.25, -0.2) is 19.9 Å². The topological polar surface area (TPSA) is 51.6 Å². The molecule has 0 amide bonds. The zero-order chi connectivity index (χ0) is 42.1. The van der Waals surface area contributed by atoms with Crippen molar-refractivity contribution < 1.29 is 0 Å². The summed E-state index contributed by atoms with van der Waals surface area (Å²) in [6.07, 6.45) is 0. The second kappa shape index (κ2) is 14.6. The average Bonchev–Trinajstić information content (AvgIpc) is 3.38. The summed E-state index contributed by atoms with van der Waals surface area (Å²) in [5.41, 5.74) is 17.9. The van der Waals surface area contributed by atoms with E-state index in [2.05, 4.69) is 194 Å². The van der Waals surface area contributed by atoms with Crippen LogP contribution in [0.2, 0.25) is 0 Å². The molecule has 0 aliphatic heterocycles. The molecule has 2 heterocycles. The number of aromatic nitrogens is 4. The van der Waals surface area contributed by atoms with Crippen LogP contribution in [0.25, 0.3) is 89.4 Å². The van der Waals surface area contributed by atoms with Crippen molar-refractivity contribution in [2.45, 2.75) is 11.8 Å². The van der Waals surface area contributed by atoms with Gasteiger partial charge in [-0.1, -0.05) is 182 Å². The molecule has 3 aliphatic rings. The SMILES string of the molecule is c1ccc(-c2cc(-c3ccc4ccccc4c3)nc(-c3ccc4c(c3)C3c5ccccc5C4c4cc(-c5cc(-c6ccc7ccccc7c6)nc(-c6ccccc6)n5)ccc43)n2)cc1. The maximum absolute atomic E-state index is 5.30. The van der Waals surface area contributed by atoms with Crippen LogP contribution >= 0.6 is 0 Å². The molecule has 0 radical (unpaired) electrons. The number of fused-ring (bicyclic) bond motifs is 2. The summed E-state index contributed by atoms with van der Waals surface area (Å²) in [6.45, 7) is 0. The lowest BCUT2D eigenvalue weighted by molar-refractivity contribution is 0.755. The van der Waals surface area contributed by atoms with Crippen LogP contribution in [0.4, 0.5) is 0 Å². The zero-order valence-electron chi connectivity index (χ0n) is 34.7. The van der Waals surface area contributed by atoms with Crippen LogP contribution < -0.4 is 0 Å². The molecule has 0 saturated heterocycles. The van der Waals surface area contributed by atoms with E-state index in [-0.39, 0.29) is 11.8 Å². The highest BCUT2D eigenvalue weighted by atomic mass is 14.9. The molecule has 2 bridgehead atoms. The van der Waals surface area contributed by atoms with Crippen LogP contribution in [0.3, 0.4) is 0 Å². The van der Waals surface area contributed by atoms with Gasteiger partial charge in [0, 0.05) is 45.2 Å². The van der Waals surface area contributed by atoms with E-state index in [9.17, 15) is 0 Å². The summed E-state index contributed by atoms with van der Waals surface area (Å²) < 4.78 is 0. The fourth-order valence-corrected chi connectivity index (χ4v) is 10.2. The average molecular weight is 815 g/mol. The molecule has 3 aliphatic carbocycles. The quantitative estimate of drug-likeness (QED) is 0.168. The molecule has 64 heavy (non-hydrogen) atoms. The Labute approximate surface area is 371 Å². The molecule has 9 aromatic carbocycles.